The summed E-state index contributed by atoms with van der Waals surface area (Å²) in [6.45, 7) is 12.4. The summed E-state index contributed by atoms with van der Waals surface area (Å²) in [4.78, 5) is 24.6. The number of esters is 1. The Hall–Kier alpha value is -1.26. The molecule has 0 aromatic heterocycles. The molecule has 0 aliphatic heterocycles. The van der Waals surface area contributed by atoms with Gasteiger partial charge in [-0.3, -0.25) is 4.79 Å². The van der Waals surface area contributed by atoms with Gasteiger partial charge in [-0.15, -0.1) is 0 Å². The fraction of sp³-hybridized carbons (Fsp3) is 0.913. The molecule has 4 aliphatic carbocycles. The van der Waals surface area contributed by atoms with E-state index >= 15 is 0 Å². The molecule has 160 valence electrons. The molecule has 0 aromatic rings. The molecule has 0 amide bonds. The highest BCUT2D eigenvalue weighted by atomic mass is 16.7. The van der Waals surface area contributed by atoms with Crippen molar-refractivity contribution in [1.29, 1.82) is 0 Å². The van der Waals surface area contributed by atoms with Crippen molar-refractivity contribution in [2.45, 2.75) is 92.1 Å². The Bertz CT molecular complexity index is 601. The van der Waals surface area contributed by atoms with E-state index in [-0.39, 0.29) is 16.8 Å². The van der Waals surface area contributed by atoms with Gasteiger partial charge in [-0.2, -0.15) is 0 Å². The van der Waals surface area contributed by atoms with Gasteiger partial charge < -0.3 is 14.2 Å². The van der Waals surface area contributed by atoms with E-state index in [4.69, 9.17) is 14.2 Å². The highest BCUT2D eigenvalue weighted by Crippen LogP contribution is 2.65. The highest BCUT2D eigenvalue weighted by molar-refractivity contribution is 5.75. The SMILES string of the molecule is CCC(C)(C)C(=O)OCC12CC3CC(CC(COC(=O)OC(C)(C)C)(C3)C1)C2. The van der Waals surface area contributed by atoms with E-state index in [2.05, 4.69) is 0 Å². The standard InChI is InChI=1S/C23H38O5/c1-7-21(5,6)18(24)26-14-22-9-16-8-17(10-22)12-23(11-16,13-22)15-27-19(25)28-20(2,3)4/h16-17H,7-15H2,1-6H3. The summed E-state index contributed by atoms with van der Waals surface area (Å²) in [6.07, 6.45) is 6.95. The largest absolute Gasteiger partial charge is 0.508 e. The van der Waals surface area contributed by atoms with Crippen LogP contribution in [-0.4, -0.2) is 30.9 Å². The second-order valence-electron chi connectivity index (χ2n) is 11.5. The second kappa shape index (κ2) is 7.21. The summed E-state index contributed by atoms with van der Waals surface area (Å²) in [5, 5.41) is 0. The molecule has 0 saturated heterocycles. The zero-order chi connectivity index (χ0) is 20.8. The van der Waals surface area contributed by atoms with Crippen LogP contribution in [0, 0.1) is 28.1 Å². The van der Waals surface area contributed by atoms with Crippen molar-refractivity contribution in [3.8, 4) is 0 Å². The second-order valence-corrected chi connectivity index (χ2v) is 11.5. The third-order valence-electron chi connectivity index (χ3n) is 7.14. The summed E-state index contributed by atoms with van der Waals surface area (Å²) in [7, 11) is 0. The van der Waals surface area contributed by atoms with E-state index in [0.717, 1.165) is 38.5 Å². The number of hydrogen-bond acceptors (Lipinski definition) is 5. The van der Waals surface area contributed by atoms with Gasteiger partial charge in [-0.25, -0.2) is 4.79 Å². The average Bonchev–Trinajstić information content (AvgIpc) is 2.55. The van der Waals surface area contributed by atoms with E-state index in [1.807, 2.05) is 41.5 Å². The summed E-state index contributed by atoms with van der Waals surface area (Å²) in [5.74, 6) is 1.22. The van der Waals surface area contributed by atoms with Gasteiger partial charge in [0.25, 0.3) is 0 Å². The fourth-order valence-electron chi connectivity index (χ4n) is 6.04. The van der Waals surface area contributed by atoms with Crippen molar-refractivity contribution < 1.29 is 23.8 Å². The smallest absolute Gasteiger partial charge is 0.465 e. The number of ether oxygens (including phenoxy) is 3. The summed E-state index contributed by atoms with van der Waals surface area (Å²) < 4.78 is 16.7. The highest BCUT2D eigenvalue weighted by Gasteiger charge is 2.58. The predicted octanol–water partition coefficient (Wildman–Crippen LogP) is 5.50. The van der Waals surface area contributed by atoms with Crippen LogP contribution in [0.15, 0.2) is 0 Å². The molecule has 0 spiro atoms. The van der Waals surface area contributed by atoms with E-state index in [1.165, 1.54) is 6.42 Å². The molecule has 0 N–H and O–H groups in total. The van der Waals surface area contributed by atoms with Gasteiger partial charge in [0.15, 0.2) is 0 Å². The third-order valence-corrected chi connectivity index (χ3v) is 7.14. The summed E-state index contributed by atoms with van der Waals surface area (Å²) in [5.41, 5.74) is -0.894. The first-order chi connectivity index (χ1) is 12.9. The van der Waals surface area contributed by atoms with E-state index in [1.54, 1.807) is 0 Å². The molecule has 5 nitrogen and oxygen atoms in total. The minimum atomic E-state index is -0.576. The molecule has 4 aliphatic rings. The average molecular weight is 395 g/mol. The van der Waals surface area contributed by atoms with E-state index in [9.17, 15) is 9.59 Å². The van der Waals surface area contributed by atoms with Crippen molar-refractivity contribution in [2.75, 3.05) is 13.2 Å². The number of rotatable bonds is 6. The minimum Gasteiger partial charge on any atom is -0.465 e. The van der Waals surface area contributed by atoms with Gasteiger partial charge >= 0.3 is 12.1 Å². The van der Waals surface area contributed by atoms with Gasteiger partial charge in [0.2, 0.25) is 0 Å². The Labute approximate surface area is 169 Å². The Balaban J connectivity index is 1.64. The number of carbonyl (C=O) groups excluding carboxylic acids is 2. The molecule has 2 atom stereocenters. The lowest BCUT2D eigenvalue weighted by molar-refractivity contribution is -0.178. The van der Waals surface area contributed by atoms with Gasteiger partial charge in [-0.05, 0) is 91.4 Å². The van der Waals surface area contributed by atoms with Crippen LogP contribution in [0.5, 0.6) is 0 Å². The van der Waals surface area contributed by atoms with Crippen LogP contribution in [0.4, 0.5) is 4.79 Å². The zero-order valence-corrected chi connectivity index (χ0v) is 18.6. The van der Waals surface area contributed by atoms with E-state index in [0.29, 0.717) is 25.0 Å². The lowest BCUT2D eigenvalue weighted by Gasteiger charge is -2.61. The third kappa shape index (κ3) is 4.65. The van der Waals surface area contributed by atoms with Crippen molar-refractivity contribution in [3.05, 3.63) is 0 Å². The van der Waals surface area contributed by atoms with Gasteiger partial charge in [-0.1, -0.05) is 6.92 Å². The molecule has 0 aromatic carbocycles. The molecular formula is C23H38O5. The van der Waals surface area contributed by atoms with Crippen LogP contribution in [0.2, 0.25) is 0 Å². The minimum absolute atomic E-state index is 0.0215. The Morgan fingerprint density at radius 2 is 1.39 bits per heavy atom. The maximum atomic E-state index is 12.5. The molecular weight excluding hydrogens is 356 g/mol. The molecule has 4 rings (SSSR count). The first kappa shape index (κ1) is 21.4. The first-order valence-electron chi connectivity index (χ1n) is 10.9. The molecule has 4 bridgehead atoms. The zero-order valence-electron chi connectivity index (χ0n) is 18.6. The molecule has 5 heteroatoms. The first-order valence-corrected chi connectivity index (χ1v) is 10.9. The molecule has 28 heavy (non-hydrogen) atoms. The topological polar surface area (TPSA) is 61.8 Å². The maximum absolute atomic E-state index is 12.5. The van der Waals surface area contributed by atoms with Crippen LogP contribution in [0.25, 0.3) is 0 Å². The summed E-state index contributed by atoms with van der Waals surface area (Å²) in [6, 6.07) is 0. The number of carbonyl (C=O) groups is 2. The monoisotopic (exact) mass is 394 g/mol. The van der Waals surface area contributed by atoms with Crippen molar-refractivity contribution in [1.82, 2.24) is 0 Å². The lowest BCUT2D eigenvalue weighted by Crippen LogP contribution is -2.55. The van der Waals surface area contributed by atoms with Crippen molar-refractivity contribution >= 4 is 12.1 Å². The van der Waals surface area contributed by atoms with Crippen LogP contribution < -0.4 is 0 Å². The quantitative estimate of drug-likeness (QED) is 0.556. The Morgan fingerprint density at radius 3 is 1.86 bits per heavy atom. The van der Waals surface area contributed by atoms with Crippen molar-refractivity contribution in [2.24, 2.45) is 28.1 Å². The molecule has 0 radical (unpaired) electrons. The van der Waals surface area contributed by atoms with E-state index < -0.39 is 17.2 Å². The van der Waals surface area contributed by atoms with Crippen LogP contribution in [-0.2, 0) is 19.0 Å². The molecule has 4 fully saturated rings. The molecule has 4 saturated carbocycles. The maximum Gasteiger partial charge on any atom is 0.508 e. The number of hydrogen-bond donors (Lipinski definition) is 0. The fourth-order valence-corrected chi connectivity index (χ4v) is 6.04. The van der Waals surface area contributed by atoms with Crippen LogP contribution >= 0.6 is 0 Å². The molecule has 2 unspecified atom stereocenters. The predicted molar refractivity (Wildman–Crippen MR) is 107 cm³/mol. The van der Waals surface area contributed by atoms with Crippen molar-refractivity contribution in [3.63, 3.8) is 0 Å². The summed E-state index contributed by atoms with van der Waals surface area (Å²) >= 11 is 0. The van der Waals surface area contributed by atoms with Gasteiger partial charge in [0, 0.05) is 10.8 Å². The van der Waals surface area contributed by atoms with Gasteiger partial charge in [0.1, 0.15) is 12.2 Å². The molecule has 0 heterocycles. The normalized spacial score (nSPS) is 34.2. The Kier molecular flexibility index (Phi) is 5.52. The van der Waals surface area contributed by atoms with Gasteiger partial charge in [0.05, 0.1) is 12.0 Å². The lowest BCUT2D eigenvalue weighted by atomic mass is 9.44. The Morgan fingerprint density at radius 1 is 0.893 bits per heavy atom. The van der Waals surface area contributed by atoms with Crippen LogP contribution in [0.1, 0.15) is 86.5 Å². The van der Waals surface area contributed by atoms with Crippen LogP contribution in [0.3, 0.4) is 0 Å².